The van der Waals surface area contributed by atoms with Gasteiger partial charge >= 0.3 is 0 Å². The van der Waals surface area contributed by atoms with Crippen molar-refractivity contribution in [3.63, 3.8) is 0 Å². The molecule has 0 aliphatic heterocycles. The molecule has 94 valence electrons. The molecule has 0 amide bonds. The van der Waals surface area contributed by atoms with E-state index in [-0.39, 0.29) is 0 Å². The molecule has 0 atom stereocenters. The molecule has 2 rings (SSSR count). The zero-order chi connectivity index (χ0) is 13.0. The van der Waals surface area contributed by atoms with Gasteiger partial charge in [0, 0.05) is 21.2 Å². The highest BCUT2D eigenvalue weighted by atomic mass is 35.5. The maximum absolute atomic E-state index is 6.08. The number of para-hydroxylation sites is 1. The summed E-state index contributed by atoms with van der Waals surface area (Å²) >= 11 is 17.8. The Bertz CT molecular complexity index is 540. The van der Waals surface area contributed by atoms with Crippen molar-refractivity contribution in [2.75, 3.05) is 0 Å². The van der Waals surface area contributed by atoms with Crippen molar-refractivity contribution < 1.29 is 4.74 Å². The number of hydrogen-bond donors (Lipinski definition) is 0. The first kappa shape index (κ1) is 13.5. The molecule has 0 N–H and O–H groups in total. The third-order valence-electron chi connectivity index (χ3n) is 2.51. The van der Waals surface area contributed by atoms with Gasteiger partial charge in [0.1, 0.15) is 12.4 Å². The van der Waals surface area contributed by atoms with E-state index >= 15 is 0 Å². The summed E-state index contributed by atoms with van der Waals surface area (Å²) < 4.78 is 5.72. The van der Waals surface area contributed by atoms with Crippen molar-refractivity contribution >= 4 is 34.8 Å². The van der Waals surface area contributed by atoms with Crippen LogP contribution in [0.25, 0.3) is 0 Å². The fraction of sp³-hybridized carbons (Fsp3) is 0.143. The highest BCUT2D eigenvalue weighted by Crippen LogP contribution is 2.24. The van der Waals surface area contributed by atoms with Gasteiger partial charge in [-0.1, -0.05) is 47.5 Å². The highest BCUT2D eigenvalue weighted by Gasteiger charge is 2.05. The first-order valence-electron chi connectivity index (χ1n) is 5.41. The molecular weight excluding hydrogens is 291 g/mol. The summed E-state index contributed by atoms with van der Waals surface area (Å²) in [6, 6.07) is 13.0. The number of rotatable bonds is 4. The largest absolute Gasteiger partial charge is 0.489 e. The van der Waals surface area contributed by atoms with Crippen LogP contribution in [0.3, 0.4) is 0 Å². The van der Waals surface area contributed by atoms with E-state index in [4.69, 9.17) is 39.5 Å². The molecular formula is C14H11Cl3O. The van der Waals surface area contributed by atoms with E-state index in [0.717, 1.165) is 16.9 Å². The van der Waals surface area contributed by atoms with Crippen molar-refractivity contribution in [3.05, 3.63) is 63.6 Å². The van der Waals surface area contributed by atoms with Gasteiger partial charge in [0.2, 0.25) is 0 Å². The maximum atomic E-state index is 6.08. The molecule has 0 heterocycles. The summed E-state index contributed by atoms with van der Waals surface area (Å²) in [7, 11) is 0. The number of alkyl halides is 1. The Morgan fingerprint density at radius 3 is 2.44 bits per heavy atom. The molecule has 0 bridgehead atoms. The lowest BCUT2D eigenvalue weighted by molar-refractivity contribution is 0.304. The normalized spacial score (nSPS) is 10.4. The second kappa shape index (κ2) is 6.33. The molecule has 0 fully saturated rings. The van der Waals surface area contributed by atoms with Crippen LogP contribution in [-0.2, 0) is 12.5 Å². The van der Waals surface area contributed by atoms with E-state index in [1.165, 1.54) is 0 Å². The van der Waals surface area contributed by atoms with Crippen LogP contribution in [-0.4, -0.2) is 0 Å². The van der Waals surface area contributed by atoms with Crippen LogP contribution in [0.1, 0.15) is 11.1 Å². The first-order valence-corrected chi connectivity index (χ1v) is 6.70. The van der Waals surface area contributed by atoms with Crippen molar-refractivity contribution in [1.82, 2.24) is 0 Å². The fourth-order valence-corrected chi connectivity index (χ4v) is 2.23. The molecule has 0 saturated carbocycles. The third-order valence-corrected chi connectivity index (χ3v) is 3.39. The van der Waals surface area contributed by atoms with Crippen LogP contribution >= 0.6 is 34.8 Å². The van der Waals surface area contributed by atoms with Gasteiger partial charge in [-0.3, -0.25) is 0 Å². The monoisotopic (exact) mass is 300 g/mol. The van der Waals surface area contributed by atoms with E-state index in [1.807, 2.05) is 30.3 Å². The zero-order valence-corrected chi connectivity index (χ0v) is 11.8. The number of benzene rings is 2. The Balaban J connectivity index is 2.11. The Morgan fingerprint density at radius 1 is 0.944 bits per heavy atom. The summed E-state index contributed by atoms with van der Waals surface area (Å²) in [5.41, 5.74) is 1.86. The Hall–Kier alpha value is -0.890. The lowest BCUT2D eigenvalue weighted by Gasteiger charge is -2.10. The van der Waals surface area contributed by atoms with E-state index in [1.54, 1.807) is 12.1 Å². The number of ether oxygens (including phenoxy) is 1. The zero-order valence-electron chi connectivity index (χ0n) is 9.50. The molecule has 1 nitrogen and oxygen atoms in total. The predicted molar refractivity (Wildman–Crippen MR) is 76.8 cm³/mol. The average Bonchev–Trinajstić information content (AvgIpc) is 2.38. The summed E-state index contributed by atoms with van der Waals surface area (Å²) in [6.45, 7) is 0.393. The Kier molecular flexibility index (Phi) is 4.76. The lowest BCUT2D eigenvalue weighted by atomic mass is 10.2. The van der Waals surface area contributed by atoms with Crippen molar-refractivity contribution in [2.45, 2.75) is 12.5 Å². The molecule has 0 aromatic heterocycles. The number of halogens is 3. The number of hydrogen-bond acceptors (Lipinski definition) is 1. The van der Waals surface area contributed by atoms with Gasteiger partial charge in [-0.2, -0.15) is 0 Å². The Labute approximate surface area is 121 Å². The van der Waals surface area contributed by atoms with E-state index in [2.05, 4.69) is 0 Å². The van der Waals surface area contributed by atoms with Crippen molar-refractivity contribution in [2.24, 2.45) is 0 Å². The van der Waals surface area contributed by atoms with Crippen LogP contribution in [0.2, 0.25) is 10.0 Å². The molecule has 2 aromatic rings. The molecule has 4 heteroatoms. The molecule has 0 saturated heterocycles. The van der Waals surface area contributed by atoms with Crippen LogP contribution in [0.5, 0.6) is 5.75 Å². The summed E-state index contributed by atoms with van der Waals surface area (Å²) in [5.74, 6) is 1.20. The summed E-state index contributed by atoms with van der Waals surface area (Å²) in [6.07, 6.45) is 0. The lowest BCUT2D eigenvalue weighted by Crippen LogP contribution is -1.98. The second-order valence-corrected chi connectivity index (χ2v) is 4.88. The SMILES string of the molecule is ClCc1ccccc1OCc1ccc(Cl)cc1Cl. The third kappa shape index (κ3) is 3.32. The van der Waals surface area contributed by atoms with Crippen LogP contribution in [0, 0.1) is 0 Å². The van der Waals surface area contributed by atoms with Crippen molar-refractivity contribution in [3.8, 4) is 5.75 Å². The van der Waals surface area contributed by atoms with Gasteiger partial charge in [0.15, 0.2) is 0 Å². The first-order chi connectivity index (χ1) is 8.70. The summed E-state index contributed by atoms with van der Waals surface area (Å²) in [5, 5.41) is 1.22. The fourth-order valence-electron chi connectivity index (χ4n) is 1.55. The smallest absolute Gasteiger partial charge is 0.124 e. The van der Waals surface area contributed by atoms with Crippen LogP contribution in [0.4, 0.5) is 0 Å². The minimum absolute atomic E-state index is 0.393. The van der Waals surface area contributed by atoms with Crippen LogP contribution < -0.4 is 4.74 Å². The predicted octanol–water partition coefficient (Wildman–Crippen LogP) is 5.31. The summed E-state index contributed by atoms with van der Waals surface area (Å²) in [4.78, 5) is 0. The van der Waals surface area contributed by atoms with Gasteiger partial charge in [-0.15, -0.1) is 11.6 Å². The van der Waals surface area contributed by atoms with Crippen molar-refractivity contribution in [1.29, 1.82) is 0 Å². The van der Waals surface area contributed by atoms with E-state index < -0.39 is 0 Å². The molecule has 0 radical (unpaired) electrons. The molecule has 18 heavy (non-hydrogen) atoms. The maximum Gasteiger partial charge on any atom is 0.124 e. The highest BCUT2D eigenvalue weighted by molar-refractivity contribution is 6.35. The minimum Gasteiger partial charge on any atom is -0.489 e. The standard InChI is InChI=1S/C14H11Cl3O/c15-8-10-3-1-2-4-14(10)18-9-11-5-6-12(16)7-13(11)17/h1-7H,8-9H2. The van der Waals surface area contributed by atoms with Crippen LogP contribution in [0.15, 0.2) is 42.5 Å². The van der Waals surface area contributed by atoms with Gasteiger partial charge in [0.25, 0.3) is 0 Å². The molecule has 2 aromatic carbocycles. The Morgan fingerprint density at radius 2 is 1.72 bits per heavy atom. The minimum atomic E-state index is 0.393. The average molecular weight is 302 g/mol. The van der Waals surface area contributed by atoms with Gasteiger partial charge in [-0.25, -0.2) is 0 Å². The van der Waals surface area contributed by atoms with Gasteiger partial charge in [-0.05, 0) is 18.2 Å². The molecule has 0 unspecified atom stereocenters. The topological polar surface area (TPSA) is 9.23 Å². The van der Waals surface area contributed by atoms with Gasteiger partial charge in [0.05, 0.1) is 5.88 Å². The molecule has 0 aliphatic carbocycles. The molecule has 0 aliphatic rings. The second-order valence-electron chi connectivity index (χ2n) is 3.77. The van der Waals surface area contributed by atoms with E-state index in [0.29, 0.717) is 22.5 Å². The molecule has 0 spiro atoms. The van der Waals surface area contributed by atoms with E-state index in [9.17, 15) is 0 Å². The van der Waals surface area contributed by atoms with Gasteiger partial charge < -0.3 is 4.74 Å². The quantitative estimate of drug-likeness (QED) is 0.695.